The summed E-state index contributed by atoms with van der Waals surface area (Å²) >= 11 is 0. The summed E-state index contributed by atoms with van der Waals surface area (Å²) in [4.78, 5) is 27.3. The molecule has 0 fully saturated rings. The molecule has 1 aromatic carbocycles. The summed E-state index contributed by atoms with van der Waals surface area (Å²) in [7, 11) is 0. The van der Waals surface area contributed by atoms with Crippen LogP contribution in [0.5, 0.6) is 0 Å². The fourth-order valence-electron chi connectivity index (χ4n) is 2.40. The Morgan fingerprint density at radius 3 is 2.65 bits per heavy atom. The lowest BCUT2D eigenvalue weighted by atomic mass is 9.98. The number of aromatic carboxylic acids is 1. The Morgan fingerprint density at radius 2 is 1.96 bits per heavy atom. The van der Waals surface area contributed by atoms with Gasteiger partial charge in [-0.15, -0.1) is 0 Å². The topological polar surface area (TPSA) is 88.0 Å². The standard InChI is InChI=1S/C17H15N3O3/c1-11(12-5-3-2-4-6-12)14-10-16(21)20(19-14)15-9-13(17(22)23)7-8-18-15/h2-11,19H,1H3,(H,22,23). The highest BCUT2D eigenvalue weighted by atomic mass is 16.4. The third kappa shape index (κ3) is 2.91. The van der Waals surface area contributed by atoms with Crippen molar-refractivity contribution in [2.75, 3.05) is 0 Å². The molecular weight excluding hydrogens is 294 g/mol. The summed E-state index contributed by atoms with van der Waals surface area (Å²) in [5, 5.41) is 12.1. The maximum atomic E-state index is 12.2. The molecule has 2 aromatic heterocycles. The van der Waals surface area contributed by atoms with E-state index in [1.165, 1.54) is 29.1 Å². The molecule has 6 heteroatoms. The summed E-state index contributed by atoms with van der Waals surface area (Å²) in [6.07, 6.45) is 1.37. The normalized spacial score (nSPS) is 12.0. The van der Waals surface area contributed by atoms with Crippen LogP contribution in [0.2, 0.25) is 0 Å². The molecule has 3 rings (SSSR count). The molecule has 3 aromatic rings. The van der Waals surface area contributed by atoms with Gasteiger partial charge in [-0.1, -0.05) is 37.3 Å². The number of rotatable bonds is 4. The molecule has 0 spiro atoms. The maximum Gasteiger partial charge on any atom is 0.335 e. The second-order valence-corrected chi connectivity index (χ2v) is 5.23. The molecule has 0 saturated heterocycles. The van der Waals surface area contributed by atoms with E-state index in [0.29, 0.717) is 0 Å². The van der Waals surface area contributed by atoms with Gasteiger partial charge < -0.3 is 5.11 Å². The fraction of sp³-hybridized carbons (Fsp3) is 0.118. The Balaban J connectivity index is 2.00. The number of aromatic amines is 1. The van der Waals surface area contributed by atoms with E-state index in [-0.39, 0.29) is 22.9 Å². The van der Waals surface area contributed by atoms with Crippen LogP contribution in [-0.2, 0) is 0 Å². The first kappa shape index (κ1) is 14.8. The molecule has 2 heterocycles. The average molecular weight is 309 g/mol. The minimum absolute atomic E-state index is 0.00723. The van der Waals surface area contributed by atoms with Crippen LogP contribution in [0.4, 0.5) is 0 Å². The lowest BCUT2D eigenvalue weighted by molar-refractivity contribution is 0.0696. The summed E-state index contributed by atoms with van der Waals surface area (Å²) < 4.78 is 1.25. The first-order chi connectivity index (χ1) is 11.1. The van der Waals surface area contributed by atoms with E-state index < -0.39 is 5.97 Å². The highest BCUT2D eigenvalue weighted by Crippen LogP contribution is 2.21. The first-order valence-electron chi connectivity index (χ1n) is 7.13. The van der Waals surface area contributed by atoms with Gasteiger partial charge in [-0.2, -0.15) is 0 Å². The van der Waals surface area contributed by atoms with Crippen molar-refractivity contribution in [3.8, 4) is 5.82 Å². The van der Waals surface area contributed by atoms with Gasteiger partial charge in [0.15, 0.2) is 5.82 Å². The maximum absolute atomic E-state index is 12.2. The van der Waals surface area contributed by atoms with E-state index in [1.54, 1.807) is 0 Å². The van der Waals surface area contributed by atoms with Crippen molar-refractivity contribution in [2.24, 2.45) is 0 Å². The van der Waals surface area contributed by atoms with Crippen molar-refractivity contribution in [1.29, 1.82) is 0 Å². The number of H-pyrrole nitrogens is 1. The van der Waals surface area contributed by atoms with Gasteiger partial charge in [0.2, 0.25) is 0 Å². The van der Waals surface area contributed by atoms with Gasteiger partial charge in [0.1, 0.15) is 0 Å². The summed E-state index contributed by atoms with van der Waals surface area (Å²) in [5.41, 5.74) is 1.61. The van der Waals surface area contributed by atoms with Gasteiger partial charge in [0.25, 0.3) is 5.56 Å². The number of aromatic nitrogens is 3. The Morgan fingerprint density at radius 1 is 1.22 bits per heavy atom. The zero-order chi connectivity index (χ0) is 16.4. The second kappa shape index (κ2) is 5.92. The van der Waals surface area contributed by atoms with Crippen LogP contribution in [0.1, 0.15) is 34.5 Å². The van der Waals surface area contributed by atoms with Crippen molar-refractivity contribution >= 4 is 5.97 Å². The fourth-order valence-corrected chi connectivity index (χ4v) is 2.40. The predicted molar refractivity (Wildman–Crippen MR) is 85.1 cm³/mol. The van der Waals surface area contributed by atoms with E-state index in [0.717, 1.165) is 11.3 Å². The van der Waals surface area contributed by atoms with Gasteiger partial charge in [-0.05, 0) is 17.7 Å². The number of hydrogen-bond acceptors (Lipinski definition) is 3. The quantitative estimate of drug-likeness (QED) is 0.774. The number of nitrogens with zero attached hydrogens (tertiary/aromatic N) is 2. The molecule has 0 bridgehead atoms. The average Bonchev–Trinajstić information content (AvgIpc) is 2.97. The first-order valence-corrected chi connectivity index (χ1v) is 7.13. The van der Waals surface area contributed by atoms with Crippen LogP contribution in [-0.4, -0.2) is 25.8 Å². The molecule has 0 radical (unpaired) electrons. The number of carbonyl (C=O) groups is 1. The van der Waals surface area contributed by atoms with Crippen molar-refractivity contribution in [3.63, 3.8) is 0 Å². The third-order valence-electron chi connectivity index (χ3n) is 3.73. The number of carboxylic acids is 1. The number of pyridine rings is 1. The molecule has 1 unspecified atom stereocenters. The predicted octanol–water partition coefficient (Wildman–Crippen LogP) is 2.41. The summed E-state index contributed by atoms with van der Waals surface area (Å²) in [6, 6.07) is 14.0. The van der Waals surface area contributed by atoms with Gasteiger partial charge >= 0.3 is 5.97 Å². The number of carboxylic acid groups (broad SMARTS) is 1. The number of hydrogen-bond donors (Lipinski definition) is 2. The molecule has 1 atom stereocenters. The monoisotopic (exact) mass is 309 g/mol. The molecule has 23 heavy (non-hydrogen) atoms. The molecule has 6 nitrogen and oxygen atoms in total. The molecule has 2 N–H and O–H groups in total. The van der Waals surface area contributed by atoms with E-state index in [1.807, 2.05) is 37.3 Å². The van der Waals surface area contributed by atoms with Crippen molar-refractivity contribution in [3.05, 3.63) is 81.9 Å². The minimum Gasteiger partial charge on any atom is -0.478 e. The number of benzene rings is 1. The van der Waals surface area contributed by atoms with Crippen LogP contribution in [0.3, 0.4) is 0 Å². The van der Waals surface area contributed by atoms with Crippen LogP contribution in [0.25, 0.3) is 5.82 Å². The van der Waals surface area contributed by atoms with Gasteiger partial charge in [-0.3, -0.25) is 9.89 Å². The Kier molecular flexibility index (Phi) is 3.80. The van der Waals surface area contributed by atoms with Crippen molar-refractivity contribution in [2.45, 2.75) is 12.8 Å². The minimum atomic E-state index is -1.06. The lowest BCUT2D eigenvalue weighted by Crippen LogP contribution is -2.15. The van der Waals surface area contributed by atoms with Crippen LogP contribution in [0.15, 0.2) is 59.5 Å². The third-order valence-corrected chi connectivity index (χ3v) is 3.73. The van der Waals surface area contributed by atoms with Crippen molar-refractivity contribution in [1.82, 2.24) is 14.8 Å². The van der Waals surface area contributed by atoms with Crippen molar-refractivity contribution < 1.29 is 9.90 Å². The van der Waals surface area contributed by atoms with Gasteiger partial charge in [0, 0.05) is 23.9 Å². The smallest absolute Gasteiger partial charge is 0.335 e. The van der Waals surface area contributed by atoms with Crippen LogP contribution < -0.4 is 5.56 Å². The largest absolute Gasteiger partial charge is 0.478 e. The van der Waals surface area contributed by atoms with E-state index in [9.17, 15) is 9.59 Å². The highest BCUT2D eigenvalue weighted by Gasteiger charge is 2.14. The zero-order valence-corrected chi connectivity index (χ0v) is 12.4. The second-order valence-electron chi connectivity index (χ2n) is 5.23. The zero-order valence-electron chi connectivity index (χ0n) is 12.4. The van der Waals surface area contributed by atoms with E-state index in [2.05, 4.69) is 10.1 Å². The van der Waals surface area contributed by atoms with Crippen LogP contribution >= 0.6 is 0 Å². The molecule has 116 valence electrons. The Hall–Kier alpha value is -3.15. The molecule has 0 aliphatic heterocycles. The summed E-state index contributed by atoms with van der Waals surface area (Å²) in [6.45, 7) is 1.99. The molecular formula is C17H15N3O3. The highest BCUT2D eigenvalue weighted by molar-refractivity contribution is 5.87. The summed E-state index contributed by atoms with van der Waals surface area (Å²) in [5.74, 6) is -0.805. The van der Waals surface area contributed by atoms with Gasteiger partial charge in [0.05, 0.1) is 5.56 Å². The molecule has 0 saturated carbocycles. The van der Waals surface area contributed by atoms with Crippen LogP contribution in [0, 0.1) is 0 Å². The Bertz CT molecular complexity index is 897. The van der Waals surface area contributed by atoms with E-state index >= 15 is 0 Å². The molecule has 0 aliphatic carbocycles. The lowest BCUT2D eigenvalue weighted by Gasteiger charge is -2.09. The Labute approximate surface area is 132 Å². The van der Waals surface area contributed by atoms with E-state index in [4.69, 9.17) is 5.11 Å². The molecule has 0 amide bonds. The molecule has 0 aliphatic rings. The van der Waals surface area contributed by atoms with Gasteiger partial charge in [-0.25, -0.2) is 14.5 Å². The SMILES string of the molecule is CC(c1ccccc1)c1cc(=O)n(-c2cc(C(=O)O)ccn2)[nH]1. The number of nitrogens with one attached hydrogen (secondary N) is 1.